The predicted molar refractivity (Wildman–Crippen MR) is 88.8 cm³/mol. The van der Waals surface area contributed by atoms with E-state index in [1.54, 1.807) is 12.4 Å². The quantitative estimate of drug-likeness (QED) is 0.930. The van der Waals surface area contributed by atoms with Gasteiger partial charge < -0.3 is 10.2 Å². The first kappa shape index (κ1) is 14.9. The van der Waals surface area contributed by atoms with Crippen LogP contribution in [0.4, 0.5) is 11.4 Å². The first-order chi connectivity index (χ1) is 10.6. The Morgan fingerprint density at radius 2 is 1.95 bits per heavy atom. The van der Waals surface area contributed by atoms with Gasteiger partial charge in [0.05, 0.1) is 17.4 Å². The van der Waals surface area contributed by atoms with Crippen LogP contribution in [0.2, 0.25) is 5.02 Å². The van der Waals surface area contributed by atoms with Gasteiger partial charge in [-0.25, -0.2) is 0 Å². The van der Waals surface area contributed by atoms with Crippen molar-refractivity contribution in [2.24, 2.45) is 0 Å². The van der Waals surface area contributed by atoms with Crippen molar-refractivity contribution < 1.29 is 4.79 Å². The van der Waals surface area contributed by atoms with Gasteiger partial charge in [0.2, 0.25) is 0 Å². The van der Waals surface area contributed by atoms with Gasteiger partial charge in [-0.15, -0.1) is 0 Å². The number of halogens is 1. The molecule has 4 nitrogen and oxygen atoms in total. The van der Waals surface area contributed by atoms with Gasteiger partial charge in [-0.3, -0.25) is 9.78 Å². The largest absolute Gasteiger partial charge is 0.354 e. The molecular formula is C17H18ClN3O. The van der Waals surface area contributed by atoms with E-state index in [-0.39, 0.29) is 5.91 Å². The highest BCUT2D eigenvalue weighted by Gasteiger charge is 2.19. The van der Waals surface area contributed by atoms with Crippen molar-refractivity contribution in [3.63, 3.8) is 0 Å². The van der Waals surface area contributed by atoms with Gasteiger partial charge in [-0.2, -0.15) is 0 Å². The van der Waals surface area contributed by atoms with E-state index in [0.29, 0.717) is 10.6 Å². The fourth-order valence-electron chi connectivity index (χ4n) is 2.57. The Morgan fingerprint density at radius 3 is 2.68 bits per heavy atom. The fraction of sp³-hybridized carbons (Fsp3) is 0.294. The molecule has 1 fully saturated rings. The van der Waals surface area contributed by atoms with Crippen LogP contribution in [0, 0.1) is 6.92 Å². The first-order valence-corrected chi connectivity index (χ1v) is 7.79. The molecule has 1 aliphatic rings. The molecule has 2 aromatic rings. The molecule has 22 heavy (non-hydrogen) atoms. The van der Waals surface area contributed by atoms with Crippen molar-refractivity contribution >= 4 is 28.9 Å². The Hall–Kier alpha value is -2.07. The van der Waals surface area contributed by atoms with Gasteiger partial charge in [0.25, 0.3) is 5.91 Å². The van der Waals surface area contributed by atoms with Crippen molar-refractivity contribution in [2.75, 3.05) is 18.4 Å². The third-order valence-corrected chi connectivity index (χ3v) is 4.25. The molecule has 0 atom stereocenters. The number of likely N-dealkylation sites (tertiary alicyclic amines) is 1. The van der Waals surface area contributed by atoms with Crippen LogP contribution in [0.3, 0.4) is 0 Å². The Labute approximate surface area is 135 Å². The number of anilines is 2. The summed E-state index contributed by atoms with van der Waals surface area (Å²) in [6.07, 6.45) is 5.49. The number of hydrogen-bond donors (Lipinski definition) is 1. The van der Waals surface area contributed by atoms with E-state index in [4.69, 9.17) is 11.6 Å². The number of aryl methyl sites for hydroxylation is 1. The molecule has 5 heteroatoms. The lowest BCUT2D eigenvalue weighted by Crippen LogP contribution is -2.27. The van der Waals surface area contributed by atoms with E-state index in [0.717, 1.165) is 42.9 Å². The van der Waals surface area contributed by atoms with Crippen LogP contribution in [-0.2, 0) is 0 Å². The zero-order valence-electron chi connectivity index (χ0n) is 12.5. The predicted octanol–water partition coefficient (Wildman–Crippen LogP) is 4.02. The zero-order valence-corrected chi connectivity index (χ0v) is 13.2. The lowest BCUT2D eigenvalue weighted by Gasteiger charge is -2.15. The first-order valence-electron chi connectivity index (χ1n) is 7.41. The summed E-state index contributed by atoms with van der Waals surface area (Å²) in [4.78, 5) is 18.4. The van der Waals surface area contributed by atoms with E-state index >= 15 is 0 Å². The number of hydrogen-bond acceptors (Lipinski definition) is 3. The van der Waals surface area contributed by atoms with E-state index in [2.05, 4.69) is 10.3 Å². The highest BCUT2D eigenvalue weighted by Crippen LogP contribution is 2.23. The molecule has 1 amide bonds. The average Bonchev–Trinajstić information content (AvgIpc) is 3.05. The maximum absolute atomic E-state index is 12.4. The van der Waals surface area contributed by atoms with Crippen LogP contribution >= 0.6 is 11.6 Å². The third kappa shape index (κ3) is 3.22. The molecule has 0 saturated carbocycles. The van der Waals surface area contributed by atoms with E-state index in [1.807, 2.05) is 36.1 Å². The maximum atomic E-state index is 12.4. The normalized spacial score (nSPS) is 14.2. The number of nitrogens with one attached hydrogen (secondary N) is 1. The number of nitrogens with zero attached hydrogens (tertiary/aromatic N) is 2. The Balaban J connectivity index is 1.78. The van der Waals surface area contributed by atoms with Gasteiger partial charge >= 0.3 is 0 Å². The molecule has 1 aromatic carbocycles. The zero-order chi connectivity index (χ0) is 15.5. The molecule has 1 saturated heterocycles. The van der Waals surface area contributed by atoms with E-state index in [1.165, 1.54) is 0 Å². The molecular weight excluding hydrogens is 298 g/mol. The second-order valence-corrected chi connectivity index (χ2v) is 5.96. The van der Waals surface area contributed by atoms with Crippen molar-refractivity contribution in [1.82, 2.24) is 9.88 Å². The lowest BCUT2D eigenvalue weighted by atomic mass is 10.2. The standard InChI is InChI=1S/C17H18ClN3O/c1-12-4-5-14(9-16(12)18)20-15-8-13(10-19-11-15)17(22)21-6-2-3-7-21/h4-5,8-11,20H,2-3,6-7H2,1H3. The highest BCUT2D eigenvalue weighted by molar-refractivity contribution is 6.31. The number of pyridine rings is 1. The van der Waals surface area contributed by atoms with Crippen LogP contribution in [0.1, 0.15) is 28.8 Å². The Morgan fingerprint density at radius 1 is 1.18 bits per heavy atom. The minimum atomic E-state index is 0.0515. The molecule has 1 N–H and O–H groups in total. The SMILES string of the molecule is Cc1ccc(Nc2cncc(C(=O)N3CCCC3)c2)cc1Cl. The molecule has 0 bridgehead atoms. The number of benzene rings is 1. The summed E-state index contributed by atoms with van der Waals surface area (Å²) in [6.45, 7) is 3.64. The van der Waals surface area contributed by atoms with Crippen LogP contribution in [-0.4, -0.2) is 28.9 Å². The second-order valence-electron chi connectivity index (χ2n) is 5.55. The van der Waals surface area contributed by atoms with Gasteiger partial charge in [-0.05, 0) is 43.5 Å². The minimum absolute atomic E-state index is 0.0515. The maximum Gasteiger partial charge on any atom is 0.255 e. The van der Waals surface area contributed by atoms with Crippen molar-refractivity contribution in [3.05, 3.63) is 52.8 Å². The van der Waals surface area contributed by atoms with Crippen LogP contribution in [0.15, 0.2) is 36.7 Å². The van der Waals surface area contributed by atoms with E-state index < -0.39 is 0 Å². The molecule has 2 heterocycles. The van der Waals surface area contributed by atoms with Crippen LogP contribution in [0.25, 0.3) is 0 Å². The van der Waals surface area contributed by atoms with Crippen molar-refractivity contribution in [3.8, 4) is 0 Å². The lowest BCUT2D eigenvalue weighted by molar-refractivity contribution is 0.0792. The summed E-state index contributed by atoms with van der Waals surface area (Å²) in [5, 5.41) is 3.95. The summed E-state index contributed by atoms with van der Waals surface area (Å²) >= 11 is 6.13. The number of carbonyl (C=O) groups excluding carboxylic acids is 1. The Kier molecular flexibility index (Phi) is 4.29. The molecule has 0 radical (unpaired) electrons. The Bertz CT molecular complexity index is 696. The number of aromatic nitrogens is 1. The molecule has 1 aliphatic heterocycles. The number of amides is 1. The van der Waals surface area contributed by atoms with Gasteiger partial charge in [-0.1, -0.05) is 17.7 Å². The average molecular weight is 316 g/mol. The molecule has 0 spiro atoms. The summed E-state index contributed by atoms with van der Waals surface area (Å²) in [5.41, 5.74) is 3.31. The molecule has 0 unspecified atom stereocenters. The minimum Gasteiger partial charge on any atom is -0.354 e. The van der Waals surface area contributed by atoms with Gasteiger partial charge in [0, 0.05) is 30.0 Å². The van der Waals surface area contributed by atoms with Gasteiger partial charge in [0.1, 0.15) is 0 Å². The topological polar surface area (TPSA) is 45.2 Å². The third-order valence-electron chi connectivity index (χ3n) is 3.84. The summed E-state index contributed by atoms with van der Waals surface area (Å²) in [5.74, 6) is 0.0515. The molecule has 3 rings (SSSR count). The van der Waals surface area contributed by atoms with Crippen molar-refractivity contribution in [2.45, 2.75) is 19.8 Å². The fourth-order valence-corrected chi connectivity index (χ4v) is 2.75. The van der Waals surface area contributed by atoms with Crippen LogP contribution in [0.5, 0.6) is 0 Å². The van der Waals surface area contributed by atoms with Crippen LogP contribution < -0.4 is 5.32 Å². The molecule has 1 aromatic heterocycles. The number of rotatable bonds is 3. The van der Waals surface area contributed by atoms with Gasteiger partial charge in [0.15, 0.2) is 0 Å². The summed E-state index contributed by atoms with van der Waals surface area (Å²) in [7, 11) is 0. The highest BCUT2D eigenvalue weighted by atomic mass is 35.5. The number of carbonyl (C=O) groups is 1. The monoisotopic (exact) mass is 315 g/mol. The van der Waals surface area contributed by atoms with Crippen molar-refractivity contribution in [1.29, 1.82) is 0 Å². The summed E-state index contributed by atoms with van der Waals surface area (Å²) < 4.78 is 0. The molecule has 114 valence electrons. The second kappa shape index (κ2) is 6.36. The molecule has 0 aliphatic carbocycles. The smallest absolute Gasteiger partial charge is 0.255 e. The summed E-state index contributed by atoms with van der Waals surface area (Å²) in [6, 6.07) is 7.61. The van der Waals surface area contributed by atoms with E-state index in [9.17, 15) is 4.79 Å².